The van der Waals surface area contributed by atoms with Crippen LogP contribution in [-0.2, 0) is 10.1 Å². The Morgan fingerprint density at radius 2 is 1.25 bits per heavy atom. The minimum Gasteiger partial charge on any atom is -0.282 e. The van der Waals surface area contributed by atoms with Crippen LogP contribution in [-0.4, -0.2) is 13.0 Å². The Kier molecular flexibility index (Phi) is 5.90. The zero-order valence-corrected chi connectivity index (χ0v) is 11.8. The molecule has 0 amide bonds. The molecule has 0 aliphatic heterocycles. The third-order valence-corrected chi connectivity index (χ3v) is 3.32. The van der Waals surface area contributed by atoms with E-state index in [1.54, 1.807) is 18.2 Å². The third kappa shape index (κ3) is 5.22. The van der Waals surface area contributed by atoms with Gasteiger partial charge in [-0.2, -0.15) is 8.42 Å². The van der Waals surface area contributed by atoms with Gasteiger partial charge in [-0.1, -0.05) is 67.8 Å². The molecule has 2 aromatic rings. The van der Waals surface area contributed by atoms with Crippen molar-refractivity contribution in [2.45, 2.75) is 4.90 Å². The van der Waals surface area contributed by atoms with Crippen LogP contribution >= 0.6 is 0 Å². The molecule has 0 saturated heterocycles. The van der Waals surface area contributed by atoms with E-state index in [2.05, 4.69) is 13.2 Å². The highest BCUT2D eigenvalue weighted by atomic mass is 32.2. The van der Waals surface area contributed by atoms with Crippen LogP contribution in [0.5, 0.6) is 0 Å². The highest BCUT2D eigenvalue weighted by Crippen LogP contribution is 2.10. The molecule has 0 heterocycles. The fourth-order valence-corrected chi connectivity index (χ4v) is 1.85. The molecule has 0 unspecified atom stereocenters. The fraction of sp³-hybridized carbons (Fsp3) is 0. The maximum atomic E-state index is 10.6. The molecule has 3 nitrogen and oxygen atoms in total. The number of benzene rings is 2. The Hall–Kier alpha value is -2.17. The molecule has 104 valence electrons. The van der Waals surface area contributed by atoms with Crippen molar-refractivity contribution >= 4 is 22.3 Å². The SMILES string of the molecule is C=Cc1ccc(S(=O)(=O)O)cc1.C=Cc1ccccc1. The molecule has 0 bridgehead atoms. The van der Waals surface area contributed by atoms with Crippen LogP contribution in [0, 0.1) is 0 Å². The average molecular weight is 288 g/mol. The van der Waals surface area contributed by atoms with Gasteiger partial charge in [0.2, 0.25) is 0 Å². The zero-order valence-electron chi connectivity index (χ0n) is 10.9. The van der Waals surface area contributed by atoms with Crippen LogP contribution in [0.4, 0.5) is 0 Å². The second-order valence-corrected chi connectivity index (χ2v) is 5.28. The van der Waals surface area contributed by atoms with E-state index in [9.17, 15) is 8.42 Å². The molecule has 0 atom stereocenters. The van der Waals surface area contributed by atoms with E-state index < -0.39 is 10.1 Å². The van der Waals surface area contributed by atoms with Gasteiger partial charge in [0.05, 0.1) is 4.90 Å². The largest absolute Gasteiger partial charge is 0.294 e. The Labute approximate surface area is 119 Å². The molecule has 0 aromatic heterocycles. The average Bonchev–Trinajstić information content (AvgIpc) is 2.48. The van der Waals surface area contributed by atoms with E-state index in [0.717, 1.165) is 5.56 Å². The summed E-state index contributed by atoms with van der Waals surface area (Å²) in [5, 5.41) is 0. The van der Waals surface area contributed by atoms with Crippen molar-refractivity contribution in [1.82, 2.24) is 0 Å². The molecule has 0 saturated carbocycles. The Bertz CT molecular complexity index is 657. The summed E-state index contributed by atoms with van der Waals surface area (Å²) in [5.74, 6) is 0. The molecule has 2 aromatic carbocycles. The first-order valence-electron chi connectivity index (χ1n) is 5.85. The van der Waals surface area contributed by atoms with Gasteiger partial charge in [-0.15, -0.1) is 0 Å². The van der Waals surface area contributed by atoms with Crippen molar-refractivity contribution in [2.24, 2.45) is 0 Å². The summed E-state index contributed by atoms with van der Waals surface area (Å²) in [6.45, 7) is 7.14. The van der Waals surface area contributed by atoms with Gasteiger partial charge >= 0.3 is 0 Å². The monoisotopic (exact) mass is 288 g/mol. The highest BCUT2D eigenvalue weighted by molar-refractivity contribution is 7.85. The maximum absolute atomic E-state index is 10.6. The van der Waals surface area contributed by atoms with Gasteiger partial charge in [0.25, 0.3) is 10.1 Å². The topological polar surface area (TPSA) is 54.4 Å². The van der Waals surface area contributed by atoms with Gasteiger partial charge in [-0.25, -0.2) is 0 Å². The van der Waals surface area contributed by atoms with Crippen LogP contribution in [0.3, 0.4) is 0 Å². The predicted molar refractivity (Wildman–Crippen MR) is 82.9 cm³/mol. The van der Waals surface area contributed by atoms with Crippen LogP contribution in [0.25, 0.3) is 12.2 Å². The molecule has 2 rings (SSSR count). The van der Waals surface area contributed by atoms with Gasteiger partial charge in [0.15, 0.2) is 0 Å². The summed E-state index contributed by atoms with van der Waals surface area (Å²) in [4.78, 5) is -0.104. The Morgan fingerprint density at radius 1 is 0.800 bits per heavy atom. The quantitative estimate of drug-likeness (QED) is 0.871. The van der Waals surface area contributed by atoms with Crippen LogP contribution < -0.4 is 0 Å². The summed E-state index contributed by atoms with van der Waals surface area (Å²) in [6.07, 6.45) is 3.42. The van der Waals surface area contributed by atoms with Crippen molar-refractivity contribution < 1.29 is 13.0 Å². The molecule has 0 spiro atoms. The lowest BCUT2D eigenvalue weighted by Crippen LogP contribution is -1.96. The Balaban J connectivity index is 0.000000217. The highest BCUT2D eigenvalue weighted by Gasteiger charge is 2.07. The third-order valence-electron chi connectivity index (χ3n) is 2.45. The van der Waals surface area contributed by atoms with E-state index in [1.807, 2.05) is 36.4 Å². The summed E-state index contributed by atoms with van der Waals surface area (Å²) < 4.78 is 29.7. The van der Waals surface area contributed by atoms with E-state index in [4.69, 9.17) is 4.55 Å². The van der Waals surface area contributed by atoms with E-state index in [1.165, 1.54) is 17.7 Å². The van der Waals surface area contributed by atoms with Crippen molar-refractivity contribution in [3.63, 3.8) is 0 Å². The van der Waals surface area contributed by atoms with E-state index in [0.29, 0.717) is 0 Å². The van der Waals surface area contributed by atoms with Gasteiger partial charge in [-0.05, 0) is 23.3 Å². The predicted octanol–water partition coefficient (Wildman–Crippen LogP) is 3.91. The molecule has 0 aliphatic carbocycles. The smallest absolute Gasteiger partial charge is 0.282 e. The molecular weight excluding hydrogens is 272 g/mol. The molecule has 4 heteroatoms. The van der Waals surface area contributed by atoms with E-state index in [-0.39, 0.29) is 4.90 Å². The maximum Gasteiger partial charge on any atom is 0.294 e. The number of hydrogen-bond donors (Lipinski definition) is 1. The molecule has 0 fully saturated rings. The van der Waals surface area contributed by atoms with Crippen molar-refractivity contribution in [3.8, 4) is 0 Å². The van der Waals surface area contributed by atoms with Gasteiger partial charge < -0.3 is 0 Å². The Morgan fingerprint density at radius 3 is 1.60 bits per heavy atom. The van der Waals surface area contributed by atoms with Crippen molar-refractivity contribution in [1.29, 1.82) is 0 Å². The fourth-order valence-electron chi connectivity index (χ4n) is 1.37. The normalized spacial score (nSPS) is 10.1. The number of rotatable bonds is 3. The minimum absolute atomic E-state index is 0.104. The first kappa shape index (κ1) is 15.9. The zero-order chi connectivity index (χ0) is 15.0. The second-order valence-electron chi connectivity index (χ2n) is 3.86. The first-order valence-corrected chi connectivity index (χ1v) is 7.29. The first-order chi connectivity index (χ1) is 9.47. The standard InChI is InChI=1S/C8H8O3S.C8H8/c1-2-7-3-5-8(6-4-7)12(9,10)11;1-2-8-6-4-3-5-7-8/h2-6H,1H2,(H,9,10,11);2-7H,1H2. The summed E-state index contributed by atoms with van der Waals surface area (Å²) in [5.41, 5.74) is 1.98. The molecule has 0 aliphatic rings. The summed E-state index contributed by atoms with van der Waals surface area (Å²) in [7, 11) is -4.06. The van der Waals surface area contributed by atoms with Gasteiger partial charge in [0.1, 0.15) is 0 Å². The molecule has 20 heavy (non-hydrogen) atoms. The van der Waals surface area contributed by atoms with Crippen LogP contribution in [0.1, 0.15) is 11.1 Å². The minimum atomic E-state index is -4.06. The van der Waals surface area contributed by atoms with Crippen molar-refractivity contribution in [2.75, 3.05) is 0 Å². The summed E-state index contributed by atoms with van der Waals surface area (Å²) >= 11 is 0. The lowest BCUT2D eigenvalue weighted by molar-refractivity contribution is 0.483. The summed E-state index contributed by atoms with van der Waals surface area (Å²) in [6, 6.07) is 15.8. The van der Waals surface area contributed by atoms with Crippen LogP contribution in [0.15, 0.2) is 72.7 Å². The molecular formula is C16H16O3S. The van der Waals surface area contributed by atoms with Gasteiger partial charge in [0, 0.05) is 0 Å². The van der Waals surface area contributed by atoms with Crippen LogP contribution in [0.2, 0.25) is 0 Å². The molecule has 0 radical (unpaired) electrons. The van der Waals surface area contributed by atoms with E-state index >= 15 is 0 Å². The second kappa shape index (κ2) is 7.43. The number of hydrogen-bond acceptors (Lipinski definition) is 2. The van der Waals surface area contributed by atoms with Crippen molar-refractivity contribution in [3.05, 3.63) is 78.9 Å². The van der Waals surface area contributed by atoms with Gasteiger partial charge in [-0.3, -0.25) is 4.55 Å². The molecule has 1 N–H and O–H groups in total. The lowest BCUT2D eigenvalue weighted by Gasteiger charge is -1.96. The lowest BCUT2D eigenvalue weighted by atomic mass is 10.2.